The fourth-order valence-electron chi connectivity index (χ4n) is 0.738. The van der Waals surface area contributed by atoms with E-state index in [4.69, 9.17) is 5.11 Å². The lowest BCUT2D eigenvalue weighted by molar-refractivity contribution is -0.137. The lowest BCUT2D eigenvalue weighted by atomic mass is 10.1. The normalized spacial score (nSPS) is 13.0. The van der Waals surface area contributed by atoms with Crippen LogP contribution in [-0.2, 0) is 4.79 Å². The zero-order valence-electron chi connectivity index (χ0n) is 6.14. The minimum Gasteiger partial charge on any atom is -0.481 e. The van der Waals surface area contributed by atoms with Crippen LogP contribution in [0.25, 0.3) is 0 Å². The monoisotopic (exact) mass is 148 g/mol. The lowest BCUT2D eigenvalue weighted by Crippen LogP contribution is -2.03. The number of carboxylic acids is 1. The Morgan fingerprint density at radius 3 is 2.60 bits per heavy atom. The average molecular weight is 148 g/mol. The highest BCUT2D eigenvalue weighted by atomic mass is 19.1. The first-order chi connectivity index (χ1) is 4.66. The molecule has 0 saturated heterocycles. The van der Waals surface area contributed by atoms with E-state index in [9.17, 15) is 9.18 Å². The van der Waals surface area contributed by atoms with Crippen LogP contribution < -0.4 is 0 Å². The molecule has 0 radical (unpaired) electrons. The molecule has 60 valence electrons. The van der Waals surface area contributed by atoms with Crippen molar-refractivity contribution in [3.05, 3.63) is 0 Å². The van der Waals surface area contributed by atoms with Crippen LogP contribution in [0.4, 0.5) is 4.39 Å². The molecule has 0 aliphatic heterocycles. The highest BCUT2D eigenvalue weighted by molar-refractivity contribution is 5.66. The van der Waals surface area contributed by atoms with E-state index in [0.29, 0.717) is 6.42 Å². The van der Waals surface area contributed by atoms with E-state index in [0.717, 1.165) is 6.42 Å². The fourth-order valence-corrected chi connectivity index (χ4v) is 0.738. The van der Waals surface area contributed by atoms with Gasteiger partial charge in [0.1, 0.15) is 6.17 Å². The Balaban J connectivity index is 3.21. The van der Waals surface area contributed by atoms with E-state index in [2.05, 4.69) is 0 Å². The van der Waals surface area contributed by atoms with Crippen molar-refractivity contribution in [2.45, 2.75) is 38.8 Å². The van der Waals surface area contributed by atoms with Gasteiger partial charge in [-0.15, -0.1) is 0 Å². The molecule has 1 N–H and O–H groups in total. The Labute approximate surface area is 60.1 Å². The second kappa shape index (κ2) is 5.21. The molecule has 0 rings (SSSR count). The number of carboxylic acid groups (broad SMARTS) is 1. The molecule has 3 heteroatoms. The van der Waals surface area contributed by atoms with Crippen LogP contribution in [0.3, 0.4) is 0 Å². The minimum atomic E-state index is -0.930. The summed E-state index contributed by atoms with van der Waals surface area (Å²) in [6, 6.07) is 0. The number of halogens is 1. The van der Waals surface area contributed by atoms with E-state index in [-0.39, 0.29) is 12.8 Å². The second-order valence-electron chi connectivity index (χ2n) is 2.32. The summed E-state index contributed by atoms with van der Waals surface area (Å²) in [7, 11) is 0. The van der Waals surface area contributed by atoms with Gasteiger partial charge in [-0.05, 0) is 12.8 Å². The quantitative estimate of drug-likeness (QED) is 0.647. The van der Waals surface area contributed by atoms with Gasteiger partial charge in [0, 0.05) is 6.42 Å². The first-order valence-corrected chi connectivity index (χ1v) is 3.52. The van der Waals surface area contributed by atoms with E-state index in [1.165, 1.54) is 0 Å². The van der Waals surface area contributed by atoms with Gasteiger partial charge in [0.2, 0.25) is 0 Å². The molecule has 0 fully saturated rings. The average Bonchev–Trinajstić information content (AvgIpc) is 1.85. The summed E-state index contributed by atoms with van der Waals surface area (Å²) in [5, 5.41) is 8.16. The first-order valence-electron chi connectivity index (χ1n) is 3.52. The van der Waals surface area contributed by atoms with Gasteiger partial charge >= 0.3 is 5.97 Å². The molecule has 0 heterocycles. The summed E-state index contributed by atoms with van der Waals surface area (Å²) >= 11 is 0. The number of aliphatic carboxylic acids is 1. The van der Waals surface area contributed by atoms with E-state index in [1.807, 2.05) is 6.92 Å². The van der Waals surface area contributed by atoms with Gasteiger partial charge in [-0.2, -0.15) is 0 Å². The van der Waals surface area contributed by atoms with Gasteiger partial charge in [0.25, 0.3) is 0 Å². The molecule has 0 aliphatic carbocycles. The zero-order chi connectivity index (χ0) is 7.98. The van der Waals surface area contributed by atoms with Crippen LogP contribution in [0.15, 0.2) is 0 Å². The molecule has 0 amide bonds. The van der Waals surface area contributed by atoms with Crippen molar-refractivity contribution >= 4 is 5.97 Å². The largest absolute Gasteiger partial charge is 0.481 e. The molecule has 0 spiro atoms. The van der Waals surface area contributed by atoms with Crippen LogP contribution in [0.5, 0.6) is 0 Å². The molecule has 1 atom stereocenters. The van der Waals surface area contributed by atoms with Crippen LogP contribution in [0.2, 0.25) is 0 Å². The highest BCUT2D eigenvalue weighted by Gasteiger charge is 2.06. The van der Waals surface area contributed by atoms with Gasteiger partial charge in [0.05, 0.1) is 0 Å². The third-order valence-electron chi connectivity index (χ3n) is 1.27. The Kier molecular flexibility index (Phi) is 4.89. The maximum absolute atomic E-state index is 12.5. The van der Waals surface area contributed by atoms with Crippen molar-refractivity contribution in [3.63, 3.8) is 0 Å². The van der Waals surface area contributed by atoms with Crippen LogP contribution in [0.1, 0.15) is 32.6 Å². The van der Waals surface area contributed by atoms with Gasteiger partial charge in [-0.1, -0.05) is 13.3 Å². The molecule has 0 aromatic heterocycles. The van der Waals surface area contributed by atoms with Crippen molar-refractivity contribution in [1.29, 1.82) is 0 Å². The molecule has 0 bridgehead atoms. The molecule has 1 unspecified atom stereocenters. The fraction of sp³-hybridized carbons (Fsp3) is 0.857. The predicted octanol–water partition coefficient (Wildman–Crippen LogP) is 1.99. The molecule has 0 aromatic carbocycles. The Morgan fingerprint density at radius 2 is 2.20 bits per heavy atom. The van der Waals surface area contributed by atoms with Crippen molar-refractivity contribution in [1.82, 2.24) is 0 Å². The summed E-state index contributed by atoms with van der Waals surface area (Å²) in [4.78, 5) is 9.94. The summed E-state index contributed by atoms with van der Waals surface area (Å²) < 4.78 is 12.5. The van der Waals surface area contributed by atoms with Gasteiger partial charge in [-0.25, -0.2) is 4.39 Å². The number of hydrogen-bond donors (Lipinski definition) is 1. The molecule has 10 heavy (non-hydrogen) atoms. The van der Waals surface area contributed by atoms with Crippen molar-refractivity contribution in [2.75, 3.05) is 0 Å². The standard InChI is InChI=1S/C7H13FO2/c1-2-3-6(8)4-5-7(9)10/h6H,2-5H2,1H3,(H,9,10). The maximum Gasteiger partial charge on any atom is 0.303 e. The van der Waals surface area contributed by atoms with E-state index >= 15 is 0 Å². The minimum absolute atomic E-state index is 0.0544. The molecule has 0 saturated carbocycles. The molecule has 2 nitrogen and oxygen atoms in total. The smallest absolute Gasteiger partial charge is 0.303 e. The van der Waals surface area contributed by atoms with Crippen molar-refractivity contribution in [3.8, 4) is 0 Å². The van der Waals surface area contributed by atoms with Crippen LogP contribution in [0, 0.1) is 0 Å². The third-order valence-corrected chi connectivity index (χ3v) is 1.27. The van der Waals surface area contributed by atoms with E-state index in [1.54, 1.807) is 0 Å². The summed E-state index contributed by atoms with van der Waals surface area (Å²) in [5.74, 6) is -0.918. The first kappa shape index (κ1) is 9.40. The number of alkyl halides is 1. The van der Waals surface area contributed by atoms with Gasteiger partial charge in [-0.3, -0.25) is 4.79 Å². The van der Waals surface area contributed by atoms with Crippen LogP contribution >= 0.6 is 0 Å². The topological polar surface area (TPSA) is 37.3 Å². The van der Waals surface area contributed by atoms with Gasteiger partial charge in [0.15, 0.2) is 0 Å². The summed E-state index contributed by atoms with van der Waals surface area (Å²) in [6.45, 7) is 1.88. The van der Waals surface area contributed by atoms with Crippen molar-refractivity contribution in [2.24, 2.45) is 0 Å². The third kappa shape index (κ3) is 5.54. The number of carbonyl (C=O) groups is 1. The zero-order valence-corrected chi connectivity index (χ0v) is 6.14. The van der Waals surface area contributed by atoms with E-state index < -0.39 is 12.1 Å². The maximum atomic E-state index is 12.5. The SMILES string of the molecule is CCCC(F)CCC(=O)O. The molecule has 0 aromatic rings. The van der Waals surface area contributed by atoms with Crippen LogP contribution in [-0.4, -0.2) is 17.2 Å². The number of rotatable bonds is 5. The Bertz CT molecular complexity index is 104. The molecule has 0 aliphatic rings. The molecular weight excluding hydrogens is 135 g/mol. The summed E-state index contributed by atoms with van der Waals surface area (Å²) in [6.07, 6.45) is 0.430. The Morgan fingerprint density at radius 1 is 1.60 bits per heavy atom. The lowest BCUT2D eigenvalue weighted by Gasteiger charge is -2.02. The van der Waals surface area contributed by atoms with Crippen molar-refractivity contribution < 1.29 is 14.3 Å². The Hall–Kier alpha value is -0.600. The number of hydrogen-bond acceptors (Lipinski definition) is 1. The second-order valence-corrected chi connectivity index (χ2v) is 2.32. The predicted molar refractivity (Wildman–Crippen MR) is 36.7 cm³/mol. The summed E-state index contributed by atoms with van der Waals surface area (Å²) in [5.41, 5.74) is 0. The highest BCUT2D eigenvalue weighted by Crippen LogP contribution is 2.08. The molecular formula is C7H13FO2. The van der Waals surface area contributed by atoms with Gasteiger partial charge < -0.3 is 5.11 Å².